The Balaban J connectivity index is 2.94. The van der Waals surface area contributed by atoms with Crippen molar-refractivity contribution in [2.75, 3.05) is 6.67 Å². The molecule has 0 bridgehead atoms. The molecule has 2 nitrogen and oxygen atoms in total. The van der Waals surface area contributed by atoms with E-state index < -0.39 is 34.6 Å². The summed E-state index contributed by atoms with van der Waals surface area (Å²) < 4.78 is 41.1. The summed E-state index contributed by atoms with van der Waals surface area (Å²) in [5.41, 5.74) is 0.171. The van der Waals surface area contributed by atoms with E-state index in [-0.39, 0.29) is 10.0 Å². The summed E-state index contributed by atoms with van der Waals surface area (Å²) in [5, 5.41) is 0. The quantitative estimate of drug-likeness (QED) is 0.849. The van der Waals surface area contributed by atoms with Crippen LogP contribution >= 0.6 is 15.9 Å². The van der Waals surface area contributed by atoms with Crippen LogP contribution in [0.3, 0.4) is 0 Å². The monoisotopic (exact) mass is 339 g/mol. The predicted molar refractivity (Wildman–Crippen MR) is 73.8 cm³/mol. The summed E-state index contributed by atoms with van der Waals surface area (Å²) in [6.07, 6.45) is 0. The lowest BCUT2D eigenvalue weighted by atomic mass is 10.1. The molecule has 0 saturated heterocycles. The molecule has 0 heterocycles. The van der Waals surface area contributed by atoms with Gasteiger partial charge in [-0.2, -0.15) is 0 Å². The van der Waals surface area contributed by atoms with Gasteiger partial charge >= 0.3 is 0 Å². The van der Waals surface area contributed by atoms with E-state index in [1.165, 1.54) is 12.1 Å². The number of benzene rings is 1. The van der Waals surface area contributed by atoms with Crippen molar-refractivity contribution < 1.29 is 13.3 Å². The first-order valence-corrected chi connectivity index (χ1v) is 7.39. The molecular formula is C12H16BrF2NOS. The summed E-state index contributed by atoms with van der Waals surface area (Å²) in [6, 6.07) is 3.72. The van der Waals surface area contributed by atoms with E-state index in [2.05, 4.69) is 20.7 Å². The van der Waals surface area contributed by atoms with Crippen molar-refractivity contribution in [1.29, 1.82) is 0 Å². The molecule has 0 fully saturated rings. The summed E-state index contributed by atoms with van der Waals surface area (Å²) in [6.45, 7) is 4.48. The molecular weight excluding hydrogens is 324 g/mol. The van der Waals surface area contributed by atoms with Crippen LogP contribution in [-0.4, -0.2) is 16.0 Å². The highest BCUT2D eigenvalue weighted by Gasteiger charge is 2.31. The van der Waals surface area contributed by atoms with Gasteiger partial charge in [0.1, 0.15) is 23.3 Å². The Bertz CT molecular complexity index is 412. The molecule has 1 aromatic rings. The highest BCUT2D eigenvalue weighted by atomic mass is 79.9. The third-order valence-corrected chi connectivity index (χ3v) is 4.54. The minimum absolute atomic E-state index is 0.171. The summed E-state index contributed by atoms with van der Waals surface area (Å²) >= 11 is 1.59. The van der Waals surface area contributed by atoms with Gasteiger partial charge in [0, 0.05) is 16.9 Å². The van der Waals surface area contributed by atoms with Gasteiger partial charge in [0.05, 0.1) is 4.47 Å². The van der Waals surface area contributed by atoms with Gasteiger partial charge in [-0.1, -0.05) is 12.1 Å². The van der Waals surface area contributed by atoms with E-state index in [4.69, 9.17) is 0 Å². The van der Waals surface area contributed by atoms with Crippen molar-refractivity contribution >= 4 is 27.3 Å². The number of nitrogens with one attached hydrogen (secondary N) is 1. The average Bonchev–Trinajstić information content (AvgIpc) is 2.28. The largest absolute Gasteiger partial charge is 0.598 e. The van der Waals surface area contributed by atoms with Crippen LogP contribution in [0.1, 0.15) is 32.4 Å². The van der Waals surface area contributed by atoms with Crippen molar-refractivity contribution in [3.05, 3.63) is 34.1 Å². The zero-order valence-corrected chi connectivity index (χ0v) is 12.9. The molecule has 1 N–H and O–H groups in total. The Kier molecular flexibility index (Phi) is 5.58. The summed E-state index contributed by atoms with van der Waals surface area (Å²) in [7, 11) is 0. The van der Waals surface area contributed by atoms with Crippen molar-refractivity contribution in [3.63, 3.8) is 0 Å². The first-order valence-electron chi connectivity index (χ1n) is 5.45. The molecule has 0 aliphatic carbocycles. The van der Waals surface area contributed by atoms with E-state index in [0.29, 0.717) is 0 Å². The van der Waals surface area contributed by atoms with E-state index in [0.717, 1.165) is 0 Å². The molecule has 1 aromatic carbocycles. The molecule has 0 aliphatic rings. The van der Waals surface area contributed by atoms with Crippen LogP contribution in [-0.2, 0) is 11.4 Å². The Morgan fingerprint density at radius 2 is 2.06 bits per heavy atom. The Morgan fingerprint density at radius 1 is 1.44 bits per heavy atom. The zero-order chi connectivity index (χ0) is 13.9. The smallest absolute Gasteiger partial charge is 0.142 e. The van der Waals surface area contributed by atoms with Crippen LogP contribution in [0.5, 0.6) is 0 Å². The van der Waals surface area contributed by atoms with Crippen LogP contribution < -0.4 is 4.72 Å². The number of hydrogen-bond acceptors (Lipinski definition) is 2. The Labute approximate surface area is 118 Å². The van der Waals surface area contributed by atoms with Gasteiger partial charge in [-0.15, -0.1) is 4.72 Å². The third-order valence-electron chi connectivity index (χ3n) is 2.32. The maximum absolute atomic E-state index is 13.8. The van der Waals surface area contributed by atoms with E-state index in [1.54, 1.807) is 26.8 Å². The Hall–Kier alpha value is -0.170. The summed E-state index contributed by atoms with van der Waals surface area (Å²) in [5.74, 6) is -0.529. The molecule has 0 unspecified atom stereocenters. The topological polar surface area (TPSA) is 35.1 Å². The molecule has 0 radical (unpaired) electrons. The van der Waals surface area contributed by atoms with Crippen molar-refractivity contribution in [1.82, 2.24) is 4.72 Å². The SMILES string of the molecule is CC(C)(C)[S@@+]([O-])N[C@@H](CF)c1cccc(Br)c1F. The normalized spacial score (nSPS) is 15.5. The van der Waals surface area contributed by atoms with Crippen LogP contribution in [0.15, 0.2) is 22.7 Å². The van der Waals surface area contributed by atoms with Gasteiger partial charge in [-0.25, -0.2) is 8.78 Å². The van der Waals surface area contributed by atoms with Gasteiger partial charge in [0.15, 0.2) is 0 Å². The molecule has 0 amide bonds. The second kappa shape index (κ2) is 6.32. The minimum atomic E-state index is -1.45. The van der Waals surface area contributed by atoms with Gasteiger partial charge in [-0.05, 0) is 42.8 Å². The second-order valence-corrected chi connectivity index (χ2v) is 7.70. The highest BCUT2D eigenvalue weighted by Crippen LogP contribution is 2.26. The second-order valence-electron chi connectivity index (χ2n) is 4.85. The minimum Gasteiger partial charge on any atom is -0.598 e. The molecule has 18 heavy (non-hydrogen) atoms. The first-order chi connectivity index (χ1) is 8.27. The van der Waals surface area contributed by atoms with Crippen molar-refractivity contribution in [2.45, 2.75) is 31.6 Å². The maximum atomic E-state index is 13.8. The molecule has 0 aliphatic heterocycles. The van der Waals surface area contributed by atoms with Crippen LogP contribution in [0.2, 0.25) is 0 Å². The lowest BCUT2D eigenvalue weighted by Gasteiger charge is -2.27. The van der Waals surface area contributed by atoms with Crippen molar-refractivity contribution in [3.8, 4) is 0 Å². The van der Waals surface area contributed by atoms with Gasteiger partial charge in [-0.3, -0.25) is 0 Å². The zero-order valence-electron chi connectivity index (χ0n) is 10.5. The van der Waals surface area contributed by atoms with E-state index in [9.17, 15) is 13.3 Å². The fourth-order valence-electron chi connectivity index (χ4n) is 1.27. The van der Waals surface area contributed by atoms with E-state index in [1.807, 2.05) is 0 Å². The molecule has 2 atom stereocenters. The Morgan fingerprint density at radius 3 is 2.56 bits per heavy atom. The van der Waals surface area contributed by atoms with Gasteiger partial charge < -0.3 is 4.55 Å². The number of halogens is 3. The first kappa shape index (κ1) is 15.9. The van der Waals surface area contributed by atoms with Crippen LogP contribution in [0.25, 0.3) is 0 Å². The predicted octanol–water partition coefficient (Wildman–Crippen LogP) is 3.65. The molecule has 0 saturated carbocycles. The third kappa shape index (κ3) is 3.91. The fraction of sp³-hybridized carbons (Fsp3) is 0.500. The molecule has 102 valence electrons. The average molecular weight is 340 g/mol. The lowest BCUT2D eigenvalue weighted by Crippen LogP contribution is -2.42. The fourth-order valence-corrected chi connectivity index (χ4v) is 2.46. The molecule has 1 rings (SSSR count). The standard InChI is InChI=1S/C12H16BrF2NOS/c1-12(2,3)18(17)16-10(7-14)8-5-4-6-9(13)11(8)15/h4-6,10,16H,7H2,1-3H3/t10-,18+/m0/s1. The number of rotatable bonds is 4. The summed E-state index contributed by atoms with van der Waals surface area (Å²) in [4.78, 5) is 0. The van der Waals surface area contributed by atoms with E-state index >= 15 is 0 Å². The molecule has 0 aromatic heterocycles. The molecule has 6 heteroatoms. The van der Waals surface area contributed by atoms with Crippen molar-refractivity contribution in [2.24, 2.45) is 0 Å². The number of alkyl halides is 1. The van der Waals surface area contributed by atoms with Crippen LogP contribution in [0.4, 0.5) is 8.78 Å². The number of hydrogen-bond donors (Lipinski definition) is 1. The van der Waals surface area contributed by atoms with Gasteiger partial charge in [0.25, 0.3) is 0 Å². The maximum Gasteiger partial charge on any atom is 0.142 e. The van der Waals surface area contributed by atoms with Gasteiger partial charge in [0.2, 0.25) is 0 Å². The molecule has 0 spiro atoms. The lowest BCUT2D eigenvalue weighted by molar-refractivity contribution is 0.400. The van der Waals surface area contributed by atoms with Crippen LogP contribution in [0, 0.1) is 5.82 Å². The highest BCUT2D eigenvalue weighted by molar-refractivity contribution is 9.10.